The molecule has 6 heteroatoms. The molecule has 0 aromatic carbocycles. The van der Waals surface area contributed by atoms with Crippen LogP contribution in [0.1, 0.15) is 0 Å². The second-order valence-electron chi connectivity index (χ2n) is 0. The monoisotopic (exact) mass is 202 g/mol. The van der Waals surface area contributed by atoms with Crippen molar-refractivity contribution in [1.82, 2.24) is 0 Å². The van der Waals surface area contributed by atoms with E-state index in [1.807, 2.05) is 0 Å². The SMILES string of the molecule is [AlH3].[AlH3].[AlH3].[AlH3].[AlH3].[Cr]. The fourth-order valence-electron chi connectivity index (χ4n) is 0. The van der Waals surface area contributed by atoms with Crippen LogP contribution in [0.15, 0.2) is 0 Å². The molecule has 0 unspecified atom stereocenters. The van der Waals surface area contributed by atoms with E-state index < -0.39 is 0 Å². The third kappa shape index (κ3) is 27.1. The van der Waals surface area contributed by atoms with Crippen molar-refractivity contribution in [3.05, 3.63) is 0 Å². The maximum absolute atomic E-state index is 0. The minimum absolute atomic E-state index is 0. The minimum atomic E-state index is 0. The average molecular weight is 202 g/mol. The van der Waals surface area contributed by atoms with Gasteiger partial charge in [-0.1, -0.05) is 0 Å². The van der Waals surface area contributed by atoms with Crippen molar-refractivity contribution in [3.8, 4) is 0 Å². The molecule has 0 amide bonds. The van der Waals surface area contributed by atoms with E-state index >= 15 is 0 Å². The molecule has 0 radical (unpaired) electrons. The van der Waals surface area contributed by atoms with Gasteiger partial charge in [0, 0.05) is 17.4 Å². The van der Waals surface area contributed by atoms with Crippen LogP contribution >= 0.6 is 0 Å². The zero-order valence-corrected chi connectivity index (χ0v) is 1.68. The van der Waals surface area contributed by atoms with Crippen molar-refractivity contribution in [1.29, 1.82) is 0 Å². The number of hydrogen-bond acceptors (Lipinski definition) is 0. The first-order chi connectivity index (χ1) is 0. The molecule has 0 saturated heterocycles. The normalized spacial score (nSPS) is 0. The summed E-state index contributed by atoms with van der Waals surface area (Å²) in [7, 11) is 0. The summed E-state index contributed by atoms with van der Waals surface area (Å²) < 4.78 is 0. The van der Waals surface area contributed by atoms with Gasteiger partial charge in [-0.2, -0.15) is 0 Å². The molecule has 0 fully saturated rings. The molecule has 0 nitrogen and oxygen atoms in total. The quantitative estimate of drug-likeness (QED) is 0.343. The molecular weight excluding hydrogens is 187 g/mol. The molecular formula is H15Al5Cr. The van der Waals surface area contributed by atoms with Crippen LogP contribution in [0.5, 0.6) is 0 Å². The van der Waals surface area contributed by atoms with Gasteiger partial charge < -0.3 is 0 Å². The molecule has 0 saturated carbocycles. The van der Waals surface area contributed by atoms with Gasteiger partial charge in [0.05, 0.1) is 0 Å². The third-order valence-electron chi connectivity index (χ3n) is 0. The summed E-state index contributed by atoms with van der Waals surface area (Å²) in [5.41, 5.74) is 0. The predicted molar refractivity (Wildman–Crippen MR) is 49.7 cm³/mol. The summed E-state index contributed by atoms with van der Waals surface area (Å²) in [6.45, 7) is 0. The van der Waals surface area contributed by atoms with Crippen molar-refractivity contribution in [2.24, 2.45) is 0 Å². The van der Waals surface area contributed by atoms with Crippen molar-refractivity contribution < 1.29 is 17.4 Å². The Balaban J connectivity index is 0. The molecule has 0 aliphatic carbocycles. The Hall–Kier alpha value is 3.19. The number of hydrogen-bond donors (Lipinski definition) is 0. The first-order valence-corrected chi connectivity index (χ1v) is 0. The van der Waals surface area contributed by atoms with Gasteiger partial charge in [-0.15, -0.1) is 0 Å². The molecule has 0 aliphatic rings. The van der Waals surface area contributed by atoms with Gasteiger partial charge >= 0.3 is 0 Å². The van der Waals surface area contributed by atoms with Crippen LogP contribution in [0, 0.1) is 0 Å². The largest absolute Gasteiger partial charge is 0.187 e. The summed E-state index contributed by atoms with van der Waals surface area (Å²) in [6, 6.07) is 0. The fraction of sp³-hybridized carbons (Fsp3) is 0. The van der Waals surface area contributed by atoms with Crippen LogP contribution in [0.3, 0.4) is 0 Å². The predicted octanol–water partition coefficient (Wildman–Crippen LogP) is -5.92. The third-order valence-corrected chi connectivity index (χ3v) is 0. The van der Waals surface area contributed by atoms with Crippen LogP contribution in [-0.4, -0.2) is 86.8 Å². The van der Waals surface area contributed by atoms with E-state index in [4.69, 9.17) is 0 Å². The topological polar surface area (TPSA) is 0 Å². The zero-order valence-electron chi connectivity index (χ0n) is 0.408. The zero-order chi connectivity index (χ0) is 0. The van der Waals surface area contributed by atoms with E-state index in [1.54, 1.807) is 0 Å². The Morgan fingerprint density at radius 3 is 0.333 bits per heavy atom. The summed E-state index contributed by atoms with van der Waals surface area (Å²) in [6.07, 6.45) is 0. The van der Waals surface area contributed by atoms with Gasteiger partial charge in [0.25, 0.3) is 0 Å². The molecule has 36 valence electrons. The smallest absolute Gasteiger partial charge is 0 e. The molecule has 0 aromatic heterocycles. The van der Waals surface area contributed by atoms with Crippen molar-refractivity contribution in [2.75, 3.05) is 0 Å². The van der Waals surface area contributed by atoms with Crippen LogP contribution in [0.4, 0.5) is 0 Å². The summed E-state index contributed by atoms with van der Waals surface area (Å²) in [5.74, 6) is 0. The first kappa shape index (κ1) is 60.5. The van der Waals surface area contributed by atoms with Gasteiger partial charge in [-0.25, -0.2) is 0 Å². The fourth-order valence-corrected chi connectivity index (χ4v) is 0. The standard InChI is InChI=1S/5Al.Cr.15H. The Kier molecular flexibility index (Phi) is 419. The van der Waals surface area contributed by atoms with Gasteiger partial charge in [-0.3, -0.25) is 0 Å². The summed E-state index contributed by atoms with van der Waals surface area (Å²) >= 11 is 0. The Bertz CT molecular complexity index is 3.90. The molecule has 6 heavy (non-hydrogen) atoms. The Labute approximate surface area is 103 Å². The molecule has 0 N–H and O–H groups in total. The van der Waals surface area contributed by atoms with E-state index in [-0.39, 0.29) is 104 Å². The van der Waals surface area contributed by atoms with Crippen LogP contribution in [-0.2, 0) is 17.4 Å². The molecule has 0 aliphatic heterocycles. The van der Waals surface area contributed by atoms with Crippen molar-refractivity contribution >= 4 is 86.8 Å². The number of rotatable bonds is 0. The molecule has 0 bridgehead atoms. The molecule has 0 aromatic rings. The maximum Gasteiger partial charge on any atom is 0.187 e. The second kappa shape index (κ2) is 41.6. The Morgan fingerprint density at radius 1 is 0.333 bits per heavy atom. The minimum Gasteiger partial charge on any atom is 0 e. The van der Waals surface area contributed by atoms with Crippen LogP contribution < -0.4 is 0 Å². The molecule has 0 atom stereocenters. The first-order valence-electron chi connectivity index (χ1n) is 0. The maximum atomic E-state index is 0. The van der Waals surface area contributed by atoms with Gasteiger partial charge in [0.2, 0.25) is 0 Å². The van der Waals surface area contributed by atoms with E-state index in [0.29, 0.717) is 0 Å². The average Bonchev–Trinajstić information content (AvgIpc) is 0. The summed E-state index contributed by atoms with van der Waals surface area (Å²) in [4.78, 5) is 0. The molecule has 0 rings (SSSR count). The Morgan fingerprint density at radius 2 is 0.333 bits per heavy atom. The van der Waals surface area contributed by atoms with E-state index in [1.165, 1.54) is 0 Å². The summed E-state index contributed by atoms with van der Waals surface area (Å²) in [5, 5.41) is 0. The van der Waals surface area contributed by atoms with Gasteiger partial charge in [0.1, 0.15) is 0 Å². The van der Waals surface area contributed by atoms with E-state index in [9.17, 15) is 0 Å². The van der Waals surface area contributed by atoms with Gasteiger partial charge in [-0.05, 0) is 0 Å². The molecule has 0 heterocycles. The van der Waals surface area contributed by atoms with Crippen molar-refractivity contribution in [3.63, 3.8) is 0 Å². The van der Waals surface area contributed by atoms with Gasteiger partial charge in [0.15, 0.2) is 86.8 Å². The van der Waals surface area contributed by atoms with E-state index in [0.717, 1.165) is 0 Å². The van der Waals surface area contributed by atoms with Crippen molar-refractivity contribution in [2.45, 2.75) is 0 Å². The second-order valence-corrected chi connectivity index (χ2v) is 0. The van der Waals surface area contributed by atoms with E-state index in [2.05, 4.69) is 0 Å². The van der Waals surface area contributed by atoms with Crippen LogP contribution in [0.25, 0.3) is 0 Å². The van der Waals surface area contributed by atoms with Crippen LogP contribution in [0.2, 0.25) is 0 Å². The molecule has 0 spiro atoms.